The zero-order valence-corrected chi connectivity index (χ0v) is 12.3. The van der Waals surface area contributed by atoms with Crippen molar-refractivity contribution < 1.29 is 49.5 Å². The molecule has 10 heteroatoms. The smallest absolute Gasteiger partial charge is 0.334 e. The molecule has 0 fully saturated rings. The number of hydrogen-bond donors (Lipinski definition) is 5. The summed E-state index contributed by atoms with van der Waals surface area (Å²) < 4.78 is 0. The molecule has 0 heterocycles. The fraction of sp³-hybridized carbons (Fsp3) is 0.615. The molecule has 10 nitrogen and oxygen atoms in total. The van der Waals surface area contributed by atoms with Crippen LogP contribution in [0.3, 0.4) is 0 Å². The van der Waals surface area contributed by atoms with Crippen LogP contribution in [0.4, 0.5) is 0 Å². The minimum absolute atomic E-state index is 0.151. The summed E-state index contributed by atoms with van der Waals surface area (Å²) in [5.74, 6) is -12.3. The number of unbranched alkanes of at least 4 members (excludes halogenated alkanes) is 3. The molecule has 0 bridgehead atoms. The fourth-order valence-electron chi connectivity index (χ4n) is 2.45. The Morgan fingerprint density at radius 1 is 0.652 bits per heavy atom. The van der Waals surface area contributed by atoms with Gasteiger partial charge in [0.15, 0.2) is 0 Å². The first-order valence-electron chi connectivity index (χ1n) is 6.70. The average molecular weight is 334 g/mol. The van der Waals surface area contributed by atoms with Gasteiger partial charge in [-0.25, -0.2) is 0 Å². The maximum atomic E-state index is 11.5. The standard InChI is InChI=1S/C13H18O10/c1-2-3-4-5-6-12(7(14)15,8(16)17)13(9(18)19,10(20)21)11(22)23/h2-6H2,1H3,(H,14,15)(H,16,17)(H,18,19)(H,20,21)(H,22,23). The summed E-state index contributed by atoms with van der Waals surface area (Å²) in [6.45, 7) is 1.80. The molecular formula is C13H18O10. The van der Waals surface area contributed by atoms with Crippen LogP contribution in [0.5, 0.6) is 0 Å². The summed E-state index contributed by atoms with van der Waals surface area (Å²) in [7, 11) is 0. The SMILES string of the molecule is CCCCCCC(C(=O)O)(C(=O)O)C(C(=O)O)(C(=O)O)C(=O)O. The van der Waals surface area contributed by atoms with Crippen LogP contribution in [0.2, 0.25) is 0 Å². The van der Waals surface area contributed by atoms with Gasteiger partial charge in [-0.1, -0.05) is 32.6 Å². The van der Waals surface area contributed by atoms with Gasteiger partial charge in [0.25, 0.3) is 5.41 Å². The minimum atomic E-state index is -4.04. The molecule has 0 aliphatic rings. The van der Waals surface area contributed by atoms with Crippen LogP contribution >= 0.6 is 0 Å². The second-order valence-electron chi connectivity index (χ2n) is 4.99. The van der Waals surface area contributed by atoms with Gasteiger partial charge in [0, 0.05) is 0 Å². The lowest BCUT2D eigenvalue weighted by Crippen LogP contribution is -2.65. The summed E-state index contributed by atoms with van der Waals surface area (Å²) in [5, 5.41) is 45.9. The Labute approximate surface area is 130 Å². The first-order chi connectivity index (χ1) is 10.5. The van der Waals surface area contributed by atoms with E-state index in [2.05, 4.69) is 0 Å². The van der Waals surface area contributed by atoms with Crippen molar-refractivity contribution in [3.63, 3.8) is 0 Å². The van der Waals surface area contributed by atoms with Crippen molar-refractivity contribution in [1.29, 1.82) is 0 Å². The van der Waals surface area contributed by atoms with Crippen molar-refractivity contribution in [2.75, 3.05) is 0 Å². The van der Waals surface area contributed by atoms with Crippen molar-refractivity contribution in [2.24, 2.45) is 10.8 Å². The molecule has 0 rings (SSSR count). The Morgan fingerprint density at radius 2 is 1.04 bits per heavy atom. The molecule has 23 heavy (non-hydrogen) atoms. The molecule has 0 atom stereocenters. The van der Waals surface area contributed by atoms with Crippen LogP contribution < -0.4 is 0 Å². The van der Waals surface area contributed by atoms with Crippen molar-refractivity contribution in [3.05, 3.63) is 0 Å². The Bertz CT molecular complexity index is 471. The molecule has 0 aromatic carbocycles. The number of carbonyl (C=O) groups is 5. The van der Waals surface area contributed by atoms with Crippen LogP contribution in [-0.2, 0) is 24.0 Å². The lowest BCUT2D eigenvalue weighted by molar-refractivity contribution is -0.203. The molecule has 0 unspecified atom stereocenters. The van der Waals surface area contributed by atoms with E-state index in [0.717, 1.165) is 0 Å². The quantitative estimate of drug-likeness (QED) is 0.260. The van der Waals surface area contributed by atoms with E-state index in [1.165, 1.54) is 0 Å². The molecule has 0 aromatic heterocycles. The van der Waals surface area contributed by atoms with Gasteiger partial charge in [0.05, 0.1) is 0 Å². The minimum Gasteiger partial charge on any atom is -0.480 e. The Kier molecular flexibility index (Phi) is 6.69. The van der Waals surface area contributed by atoms with Crippen LogP contribution in [0, 0.1) is 10.8 Å². The molecule has 0 amide bonds. The molecule has 0 saturated heterocycles. The number of rotatable bonds is 11. The summed E-state index contributed by atoms with van der Waals surface area (Å²) in [6, 6.07) is 0. The molecule has 0 spiro atoms. The molecule has 130 valence electrons. The highest BCUT2D eigenvalue weighted by atomic mass is 16.4. The van der Waals surface area contributed by atoms with Gasteiger partial charge in [-0.2, -0.15) is 0 Å². The lowest BCUT2D eigenvalue weighted by atomic mass is 9.60. The molecule has 0 aliphatic carbocycles. The van der Waals surface area contributed by atoms with E-state index in [0.29, 0.717) is 19.3 Å². The zero-order valence-electron chi connectivity index (χ0n) is 12.3. The molecule has 5 N–H and O–H groups in total. The van der Waals surface area contributed by atoms with Crippen LogP contribution in [-0.4, -0.2) is 55.4 Å². The van der Waals surface area contributed by atoms with Gasteiger partial charge in [-0.05, 0) is 6.42 Å². The summed E-state index contributed by atoms with van der Waals surface area (Å²) in [5.41, 5.74) is -7.58. The van der Waals surface area contributed by atoms with Gasteiger partial charge in [-0.3, -0.25) is 24.0 Å². The van der Waals surface area contributed by atoms with Crippen molar-refractivity contribution >= 4 is 29.8 Å². The van der Waals surface area contributed by atoms with Crippen molar-refractivity contribution in [3.8, 4) is 0 Å². The van der Waals surface area contributed by atoms with Crippen molar-refractivity contribution in [2.45, 2.75) is 39.0 Å². The lowest BCUT2D eigenvalue weighted by Gasteiger charge is -2.35. The summed E-state index contributed by atoms with van der Waals surface area (Å²) >= 11 is 0. The first-order valence-corrected chi connectivity index (χ1v) is 6.70. The molecule has 0 aromatic rings. The van der Waals surface area contributed by atoms with Crippen LogP contribution in [0.15, 0.2) is 0 Å². The van der Waals surface area contributed by atoms with E-state index in [-0.39, 0.29) is 6.42 Å². The third-order valence-electron chi connectivity index (χ3n) is 3.74. The Balaban J connectivity index is 6.41. The van der Waals surface area contributed by atoms with E-state index in [4.69, 9.17) is 15.3 Å². The highest BCUT2D eigenvalue weighted by molar-refractivity contribution is 6.24. The van der Waals surface area contributed by atoms with Crippen molar-refractivity contribution in [1.82, 2.24) is 0 Å². The Morgan fingerprint density at radius 3 is 1.30 bits per heavy atom. The van der Waals surface area contributed by atoms with Gasteiger partial charge in [0.1, 0.15) is 0 Å². The van der Waals surface area contributed by atoms with E-state index in [1.54, 1.807) is 6.92 Å². The van der Waals surface area contributed by atoms with Gasteiger partial charge in [0.2, 0.25) is 5.41 Å². The molecule has 0 radical (unpaired) electrons. The monoisotopic (exact) mass is 334 g/mol. The maximum absolute atomic E-state index is 11.5. The summed E-state index contributed by atoms with van der Waals surface area (Å²) in [6.07, 6.45) is 0.461. The highest BCUT2D eigenvalue weighted by Gasteiger charge is 2.76. The van der Waals surface area contributed by atoms with Crippen LogP contribution in [0.25, 0.3) is 0 Å². The molecule has 0 saturated carbocycles. The van der Waals surface area contributed by atoms with Gasteiger partial charge >= 0.3 is 29.8 Å². The topological polar surface area (TPSA) is 186 Å². The third-order valence-corrected chi connectivity index (χ3v) is 3.74. The van der Waals surface area contributed by atoms with Gasteiger partial charge < -0.3 is 25.5 Å². The highest BCUT2D eigenvalue weighted by Crippen LogP contribution is 2.46. The van der Waals surface area contributed by atoms with E-state index >= 15 is 0 Å². The van der Waals surface area contributed by atoms with E-state index < -0.39 is 47.1 Å². The summed E-state index contributed by atoms with van der Waals surface area (Å²) in [4.78, 5) is 57.1. The average Bonchev–Trinajstić information content (AvgIpc) is 2.39. The third kappa shape index (κ3) is 3.10. The second-order valence-corrected chi connectivity index (χ2v) is 4.99. The number of carboxylic acids is 5. The number of carboxylic acid groups (broad SMARTS) is 5. The molecular weight excluding hydrogens is 316 g/mol. The normalized spacial score (nSPS) is 11.7. The fourth-order valence-corrected chi connectivity index (χ4v) is 2.45. The zero-order chi connectivity index (χ0) is 18.4. The van der Waals surface area contributed by atoms with Crippen LogP contribution in [0.1, 0.15) is 39.0 Å². The van der Waals surface area contributed by atoms with Gasteiger partial charge in [-0.15, -0.1) is 0 Å². The largest absolute Gasteiger partial charge is 0.480 e. The maximum Gasteiger partial charge on any atom is 0.334 e. The van der Waals surface area contributed by atoms with E-state index in [9.17, 15) is 34.2 Å². The predicted octanol–water partition coefficient (Wildman–Crippen LogP) is 0.353. The number of aliphatic carboxylic acids is 5. The first kappa shape index (κ1) is 20.3. The second kappa shape index (κ2) is 7.56. The number of hydrogen-bond acceptors (Lipinski definition) is 5. The predicted molar refractivity (Wildman–Crippen MR) is 71.8 cm³/mol. The van der Waals surface area contributed by atoms with E-state index in [1.807, 2.05) is 0 Å². The molecule has 0 aliphatic heterocycles. The Hall–Kier alpha value is -2.65.